The topological polar surface area (TPSA) is 86.8 Å². The van der Waals surface area contributed by atoms with Gasteiger partial charge in [-0.3, -0.25) is 13.9 Å². The lowest BCUT2D eigenvalue weighted by Crippen LogP contribution is -2.52. The fourth-order valence-corrected chi connectivity index (χ4v) is 5.11. The number of rotatable bonds is 11. The number of anilines is 1. The Bertz CT molecular complexity index is 1330. The molecule has 7 nitrogen and oxygen atoms in total. The van der Waals surface area contributed by atoms with Crippen molar-refractivity contribution in [1.29, 1.82) is 0 Å². The van der Waals surface area contributed by atoms with Gasteiger partial charge in [-0.15, -0.1) is 0 Å². The Morgan fingerprint density at radius 2 is 1.59 bits per heavy atom. The lowest BCUT2D eigenvalue weighted by Gasteiger charge is -2.33. The van der Waals surface area contributed by atoms with Gasteiger partial charge < -0.3 is 10.2 Å². The Balaban J connectivity index is 2.00. The lowest BCUT2D eigenvalue weighted by atomic mass is 10.1. The Morgan fingerprint density at radius 3 is 2.22 bits per heavy atom. The molecule has 0 aromatic heterocycles. The number of hydrogen-bond acceptors (Lipinski definition) is 4. The van der Waals surface area contributed by atoms with Gasteiger partial charge >= 0.3 is 0 Å². The van der Waals surface area contributed by atoms with Crippen LogP contribution in [0.25, 0.3) is 10.8 Å². The zero-order chi connectivity index (χ0) is 27.2. The molecule has 0 aliphatic carbocycles. The molecule has 1 atom stereocenters. The summed E-state index contributed by atoms with van der Waals surface area (Å²) in [5.74, 6) is -0.423. The van der Waals surface area contributed by atoms with Gasteiger partial charge in [-0.2, -0.15) is 0 Å². The second-order valence-corrected chi connectivity index (χ2v) is 11.7. The molecular formula is C29H37N3O4S. The van der Waals surface area contributed by atoms with Crippen molar-refractivity contribution in [3.8, 4) is 0 Å². The van der Waals surface area contributed by atoms with Crippen LogP contribution >= 0.6 is 0 Å². The molecule has 0 aliphatic heterocycles. The maximum absolute atomic E-state index is 13.9. The summed E-state index contributed by atoms with van der Waals surface area (Å²) in [6, 6.07) is 19.9. The molecule has 0 radical (unpaired) electrons. The monoisotopic (exact) mass is 523 g/mol. The van der Waals surface area contributed by atoms with Gasteiger partial charge in [-0.05, 0) is 36.3 Å². The quantitative estimate of drug-likeness (QED) is 0.401. The maximum Gasteiger partial charge on any atom is 0.244 e. The summed E-state index contributed by atoms with van der Waals surface area (Å²) in [5.41, 5.74) is 2.38. The van der Waals surface area contributed by atoms with Crippen molar-refractivity contribution in [3.63, 3.8) is 0 Å². The molecule has 2 amide bonds. The number of aryl methyl sites for hydroxylation is 1. The van der Waals surface area contributed by atoms with E-state index < -0.39 is 28.5 Å². The Morgan fingerprint density at radius 1 is 0.946 bits per heavy atom. The van der Waals surface area contributed by atoms with Crippen LogP contribution in [0.3, 0.4) is 0 Å². The van der Waals surface area contributed by atoms with Crippen molar-refractivity contribution in [3.05, 3.63) is 77.9 Å². The van der Waals surface area contributed by atoms with Crippen LogP contribution in [-0.4, -0.2) is 50.5 Å². The van der Waals surface area contributed by atoms with E-state index in [9.17, 15) is 18.0 Å². The molecule has 0 spiro atoms. The number of nitrogens with one attached hydrogen (secondary N) is 1. The van der Waals surface area contributed by atoms with Crippen LogP contribution in [0.2, 0.25) is 0 Å². The van der Waals surface area contributed by atoms with Gasteiger partial charge in [-0.25, -0.2) is 8.42 Å². The molecule has 1 N–H and O–H groups in total. The maximum atomic E-state index is 13.9. The zero-order valence-corrected chi connectivity index (χ0v) is 23.1. The van der Waals surface area contributed by atoms with Gasteiger partial charge in [0.2, 0.25) is 21.8 Å². The van der Waals surface area contributed by atoms with E-state index >= 15 is 0 Å². The number of carbonyl (C=O) groups is 2. The number of benzene rings is 3. The third-order valence-corrected chi connectivity index (χ3v) is 7.38. The summed E-state index contributed by atoms with van der Waals surface area (Å²) in [4.78, 5) is 28.5. The summed E-state index contributed by atoms with van der Waals surface area (Å²) in [6.45, 7) is 8.12. The molecule has 0 bridgehead atoms. The van der Waals surface area contributed by atoms with Gasteiger partial charge in [0.05, 0.1) is 11.9 Å². The van der Waals surface area contributed by atoms with Crippen LogP contribution in [0.1, 0.15) is 38.3 Å². The fraction of sp³-hybridized carbons (Fsp3) is 0.379. The first-order chi connectivity index (χ1) is 17.5. The van der Waals surface area contributed by atoms with E-state index in [0.717, 1.165) is 32.5 Å². The predicted octanol–water partition coefficient (Wildman–Crippen LogP) is 4.49. The number of carbonyl (C=O) groups excluding carboxylic acids is 2. The summed E-state index contributed by atoms with van der Waals surface area (Å²) in [7, 11) is -3.81. The van der Waals surface area contributed by atoms with E-state index in [0.29, 0.717) is 18.7 Å². The molecule has 0 saturated heterocycles. The number of hydrogen-bond donors (Lipinski definition) is 1. The molecule has 198 valence electrons. The minimum absolute atomic E-state index is 0.194. The molecule has 0 fully saturated rings. The first kappa shape index (κ1) is 28.2. The summed E-state index contributed by atoms with van der Waals surface area (Å²) < 4.78 is 27.0. The third kappa shape index (κ3) is 7.32. The molecule has 0 heterocycles. The molecule has 8 heteroatoms. The highest BCUT2D eigenvalue weighted by atomic mass is 32.2. The number of sulfonamides is 1. The Hall–Kier alpha value is -3.39. The van der Waals surface area contributed by atoms with E-state index in [1.54, 1.807) is 12.1 Å². The normalized spacial score (nSPS) is 12.4. The lowest BCUT2D eigenvalue weighted by molar-refractivity contribution is -0.140. The number of amides is 2. The molecule has 3 rings (SSSR count). The van der Waals surface area contributed by atoms with Crippen molar-refractivity contribution >= 4 is 38.3 Å². The zero-order valence-electron chi connectivity index (χ0n) is 22.3. The summed E-state index contributed by atoms with van der Waals surface area (Å²) >= 11 is 0. The molecule has 3 aromatic rings. The predicted molar refractivity (Wildman–Crippen MR) is 150 cm³/mol. The molecule has 0 aliphatic rings. The fourth-order valence-electron chi connectivity index (χ4n) is 4.25. The van der Waals surface area contributed by atoms with E-state index in [1.807, 2.05) is 82.3 Å². The van der Waals surface area contributed by atoms with E-state index in [-0.39, 0.29) is 18.4 Å². The Kier molecular flexibility index (Phi) is 9.32. The Labute approximate surface area is 220 Å². The summed E-state index contributed by atoms with van der Waals surface area (Å²) in [5, 5.41) is 4.54. The van der Waals surface area contributed by atoms with Crippen LogP contribution < -0.4 is 9.62 Å². The van der Waals surface area contributed by atoms with Gasteiger partial charge in [-0.1, -0.05) is 87.0 Å². The van der Waals surface area contributed by atoms with Gasteiger partial charge in [0.25, 0.3) is 0 Å². The SMILES string of the molecule is CC[C@H](C(=O)NCC(C)C)N(Cc1ccc(C)cc1)C(=O)CN(c1cccc2ccccc12)S(C)(=O)=O. The average Bonchev–Trinajstić information content (AvgIpc) is 2.86. The van der Waals surface area contributed by atoms with Gasteiger partial charge in [0.15, 0.2) is 0 Å². The third-order valence-electron chi connectivity index (χ3n) is 6.26. The van der Waals surface area contributed by atoms with E-state index in [1.165, 1.54) is 4.90 Å². The second-order valence-electron chi connectivity index (χ2n) is 9.84. The summed E-state index contributed by atoms with van der Waals surface area (Å²) in [6.07, 6.45) is 1.49. The van der Waals surface area contributed by atoms with E-state index in [4.69, 9.17) is 0 Å². The van der Waals surface area contributed by atoms with Crippen molar-refractivity contribution in [2.24, 2.45) is 5.92 Å². The molecule has 37 heavy (non-hydrogen) atoms. The van der Waals surface area contributed by atoms with Crippen LogP contribution in [0.15, 0.2) is 66.7 Å². The highest BCUT2D eigenvalue weighted by molar-refractivity contribution is 7.92. The van der Waals surface area contributed by atoms with Crippen LogP contribution in [-0.2, 0) is 26.2 Å². The van der Waals surface area contributed by atoms with Crippen LogP contribution in [0, 0.1) is 12.8 Å². The molecule has 3 aromatic carbocycles. The number of nitrogens with zero attached hydrogens (tertiary/aromatic N) is 2. The van der Waals surface area contributed by atoms with Gasteiger partial charge in [0, 0.05) is 18.5 Å². The minimum atomic E-state index is -3.81. The van der Waals surface area contributed by atoms with E-state index in [2.05, 4.69) is 5.32 Å². The van der Waals surface area contributed by atoms with Crippen molar-refractivity contribution < 1.29 is 18.0 Å². The first-order valence-electron chi connectivity index (χ1n) is 12.6. The van der Waals surface area contributed by atoms with Gasteiger partial charge in [0.1, 0.15) is 12.6 Å². The molecular weight excluding hydrogens is 486 g/mol. The standard InChI is InChI=1S/C29H37N3O4S/c1-6-26(29(34)30-18-21(2)3)31(19-23-16-14-22(4)15-17-23)28(33)20-32(37(5,35)36)27-13-9-11-24-10-7-8-12-25(24)27/h7-17,21,26H,6,18-20H2,1-5H3,(H,30,34)/t26-/m1/s1. The van der Waals surface area contributed by atoms with Crippen molar-refractivity contribution in [2.45, 2.75) is 46.7 Å². The smallest absolute Gasteiger partial charge is 0.244 e. The second kappa shape index (κ2) is 12.2. The number of fused-ring (bicyclic) bond motifs is 1. The first-order valence-corrected chi connectivity index (χ1v) is 14.4. The largest absolute Gasteiger partial charge is 0.354 e. The molecule has 0 saturated carbocycles. The average molecular weight is 524 g/mol. The highest BCUT2D eigenvalue weighted by Crippen LogP contribution is 2.29. The van der Waals surface area contributed by atoms with Crippen molar-refractivity contribution in [1.82, 2.24) is 10.2 Å². The van der Waals surface area contributed by atoms with Crippen LogP contribution in [0.5, 0.6) is 0 Å². The van der Waals surface area contributed by atoms with Crippen LogP contribution in [0.4, 0.5) is 5.69 Å². The highest BCUT2D eigenvalue weighted by Gasteiger charge is 2.32. The minimum Gasteiger partial charge on any atom is -0.354 e. The van der Waals surface area contributed by atoms with Crippen molar-refractivity contribution in [2.75, 3.05) is 23.7 Å². The molecule has 0 unspecified atom stereocenters.